The van der Waals surface area contributed by atoms with Crippen LogP contribution in [0.25, 0.3) is 0 Å². The lowest BCUT2D eigenvalue weighted by Crippen LogP contribution is -2.48. The van der Waals surface area contributed by atoms with Gasteiger partial charge in [-0.15, -0.1) is 0 Å². The van der Waals surface area contributed by atoms with E-state index in [-0.39, 0.29) is 16.8 Å². The molecule has 2 fully saturated rings. The van der Waals surface area contributed by atoms with Crippen LogP contribution < -0.4 is 0 Å². The summed E-state index contributed by atoms with van der Waals surface area (Å²) in [5.41, 5.74) is 2.01. The quantitative estimate of drug-likeness (QED) is 0.243. The van der Waals surface area contributed by atoms with E-state index in [1.54, 1.807) is 32.9 Å². The number of aryl methyl sites for hydroxylation is 1. The summed E-state index contributed by atoms with van der Waals surface area (Å²) in [6.07, 6.45) is 3.21. The SMILES string of the molecule is CCC(C)(C)C(=O)C(=O)N1CC(c2ccc(CS(=O)(=O)N3CCC[C@H]3C(=O)SCCCc3ccccc3)cc2)CC1C(C)O. The molecule has 2 heterocycles. The summed E-state index contributed by atoms with van der Waals surface area (Å²) < 4.78 is 28.3. The summed E-state index contributed by atoms with van der Waals surface area (Å²) in [7, 11) is -3.70. The number of Topliss-reactive ketones (excluding diaryl/α,β-unsaturated/α-hetero) is 1. The molecule has 2 aromatic carbocycles. The van der Waals surface area contributed by atoms with Gasteiger partial charge < -0.3 is 10.0 Å². The number of ketones is 1. The van der Waals surface area contributed by atoms with Gasteiger partial charge in [0.15, 0.2) is 0 Å². The number of thioether (sulfide) groups is 1. The van der Waals surface area contributed by atoms with Gasteiger partial charge in [-0.25, -0.2) is 8.42 Å². The number of likely N-dealkylation sites (tertiary alicyclic amines) is 1. The largest absolute Gasteiger partial charge is 0.391 e. The van der Waals surface area contributed by atoms with Crippen molar-refractivity contribution in [3.05, 3.63) is 71.3 Å². The van der Waals surface area contributed by atoms with Gasteiger partial charge in [0.25, 0.3) is 5.91 Å². The van der Waals surface area contributed by atoms with Crippen molar-refractivity contribution in [2.24, 2.45) is 5.41 Å². The Morgan fingerprint density at radius 1 is 1.05 bits per heavy atom. The molecule has 2 saturated heterocycles. The van der Waals surface area contributed by atoms with E-state index in [4.69, 9.17) is 0 Å². The zero-order chi connectivity index (χ0) is 32.1. The minimum absolute atomic E-state index is 0.0803. The molecule has 240 valence electrons. The summed E-state index contributed by atoms with van der Waals surface area (Å²) in [5, 5.41) is 10.3. The third-order valence-electron chi connectivity index (χ3n) is 9.18. The van der Waals surface area contributed by atoms with Crippen molar-refractivity contribution in [2.75, 3.05) is 18.8 Å². The second-order valence-electron chi connectivity index (χ2n) is 12.8. The molecule has 0 aliphatic carbocycles. The lowest BCUT2D eigenvalue weighted by atomic mass is 9.84. The van der Waals surface area contributed by atoms with E-state index in [9.17, 15) is 27.9 Å². The van der Waals surface area contributed by atoms with E-state index < -0.39 is 45.3 Å². The number of amides is 1. The molecule has 0 aromatic heterocycles. The molecule has 0 saturated carbocycles. The predicted molar refractivity (Wildman–Crippen MR) is 175 cm³/mol. The van der Waals surface area contributed by atoms with Crippen LogP contribution >= 0.6 is 11.8 Å². The maximum Gasteiger partial charge on any atom is 0.290 e. The third-order valence-corrected chi connectivity index (χ3v) is 12.1. The maximum absolute atomic E-state index is 13.4. The molecule has 0 spiro atoms. The standard InChI is InChI=1S/C34H46N2O6S2/c1-5-34(3,4)31(38)32(39)35-22-28(21-30(35)24(2)37)27-17-15-26(16-18-27)23-44(41,42)36-19-9-14-29(36)33(40)43-20-10-13-25-11-7-6-8-12-25/h6-8,11-12,15-18,24,28-30,37H,5,9-10,13-14,19-23H2,1-4H3/t24?,28?,29-,30?/m0/s1. The van der Waals surface area contributed by atoms with Gasteiger partial charge in [-0.05, 0) is 62.1 Å². The number of aliphatic hydroxyl groups excluding tert-OH is 1. The van der Waals surface area contributed by atoms with Crippen LogP contribution in [0.1, 0.15) is 82.4 Å². The Kier molecular flexibility index (Phi) is 11.5. The summed E-state index contributed by atoms with van der Waals surface area (Å²) in [6.45, 7) is 7.70. The van der Waals surface area contributed by atoms with E-state index in [1.165, 1.54) is 26.5 Å². The third kappa shape index (κ3) is 8.19. The number of rotatable bonds is 13. The molecule has 1 N–H and O–H groups in total. The second-order valence-corrected chi connectivity index (χ2v) is 15.8. The molecule has 10 heteroatoms. The molecule has 0 radical (unpaired) electrons. The lowest BCUT2D eigenvalue weighted by molar-refractivity contribution is -0.150. The van der Waals surface area contributed by atoms with Crippen molar-refractivity contribution < 1.29 is 27.9 Å². The molecular formula is C34H46N2O6S2. The molecule has 2 aliphatic rings. The van der Waals surface area contributed by atoms with Crippen LogP contribution in [0.15, 0.2) is 54.6 Å². The Bertz CT molecular complexity index is 1410. The Hall–Kier alpha value is -2.53. The molecule has 4 atom stereocenters. The number of nitrogens with zero attached hydrogens (tertiary/aromatic N) is 2. The molecular weight excluding hydrogens is 597 g/mol. The van der Waals surface area contributed by atoms with Crippen molar-refractivity contribution in [2.45, 2.75) is 96.1 Å². The zero-order valence-electron chi connectivity index (χ0n) is 26.3. The number of benzene rings is 2. The average Bonchev–Trinajstić information content (AvgIpc) is 3.68. The fraction of sp³-hybridized carbons (Fsp3) is 0.559. The minimum Gasteiger partial charge on any atom is -0.391 e. The van der Waals surface area contributed by atoms with Crippen LogP contribution in [0.4, 0.5) is 0 Å². The van der Waals surface area contributed by atoms with Crippen LogP contribution in [0.3, 0.4) is 0 Å². The highest BCUT2D eigenvalue weighted by molar-refractivity contribution is 8.13. The van der Waals surface area contributed by atoms with Crippen LogP contribution in [0.2, 0.25) is 0 Å². The van der Waals surface area contributed by atoms with Gasteiger partial charge in [-0.1, -0.05) is 87.1 Å². The molecule has 8 nitrogen and oxygen atoms in total. The van der Waals surface area contributed by atoms with Gasteiger partial charge in [0.1, 0.15) is 0 Å². The van der Waals surface area contributed by atoms with E-state index >= 15 is 0 Å². The summed E-state index contributed by atoms with van der Waals surface area (Å²) in [6, 6.07) is 16.3. The Morgan fingerprint density at radius 2 is 1.73 bits per heavy atom. The highest BCUT2D eigenvalue weighted by atomic mass is 32.2. The van der Waals surface area contributed by atoms with Crippen molar-refractivity contribution >= 4 is 38.6 Å². The minimum atomic E-state index is -3.70. The van der Waals surface area contributed by atoms with E-state index in [1.807, 2.05) is 37.3 Å². The molecule has 3 unspecified atom stereocenters. The normalized spacial score (nSPS) is 21.8. The first-order valence-corrected chi connectivity index (χ1v) is 18.3. The van der Waals surface area contributed by atoms with Gasteiger partial charge in [-0.2, -0.15) is 4.31 Å². The molecule has 0 bridgehead atoms. The number of hydrogen-bond donors (Lipinski definition) is 1. The number of sulfonamides is 1. The molecule has 2 aromatic rings. The molecule has 4 rings (SSSR count). The topological polar surface area (TPSA) is 112 Å². The van der Waals surface area contributed by atoms with E-state index in [2.05, 4.69) is 12.1 Å². The first-order chi connectivity index (χ1) is 20.8. The highest BCUT2D eigenvalue weighted by Gasteiger charge is 2.43. The zero-order valence-corrected chi connectivity index (χ0v) is 27.9. The molecule has 1 amide bonds. The Morgan fingerprint density at radius 3 is 2.36 bits per heavy atom. The van der Waals surface area contributed by atoms with Crippen molar-refractivity contribution in [1.29, 1.82) is 0 Å². The van der Waals surface area contributed by atoms with Gasteiger partial charge in [0, 0.05) is 30.2 Å². The van der Waals surface area contributed by atoms with Crippen molar-refractivity contribution in [3.8, 4) is 0 Å². The van der Waals surface area contributed by atoms with E-state index in [0.29, 0.717) is 50.1 Å². The van der Waals surface area contributed by atoms with Crippen molar-refractivity contribution in [1.82, 2.24) is 9.21 Å². The lowest BCUT2D eigenvalue weighted by Gasteiger charge is -2.29. The fourth-order valence-corrected chi connectivity index (χ4v) is 8.83. The second kappa shape index (κ2) is 14.7. The smallest absolute Gasteiger partial charge is 0.290 e. The van der Waals surface area contributed by atoms with Gasteiger partial charge in [0.05, 0.1) is 23.9 Å². The van der Waals surface area contributed by atoms with Gasteiger partial charge in [-0.3, -0.25) is 14.4 Å². The first-order valence-electron chi connectivity index (χ1n) is 15.7. The summed E-state index contributed by atoms with van der Waals surface area (Å²) >= 11 is 1.23. The molecule has 2 aliphatic heterocycles. The van der Waals surface area contributed by atoms with Crippen LogP contribution in [0, 0.1) is 5.41 Å². The van der Waals surface area contributed by atoms with Crippen LogP contribution in [0.5, 0.6) is 0 Å². The maximum atomic E-state index is 13.4. The monoisotopic (exact) mass is 642 g/mol. The first kappa shape index (κ1) is 34.3. The number of hydrogen-bond acceptors (Lipinski definition) is 7. The van der Waals surface area contributed by atoms with Crippen molar-refractivity contribution in [3.63, 3.8) is 0 Å². The van der Waals surface area contributed by atoms with Gasteiger partial charge in [0.2, 0.25) is 20.9 Å². The Labute approximate surface area is 266 Å². The fourth-order valence-electron chi connectivity index (χ4n) is 6.06. The van der Waals surface area contributed by atoms with E-state index in [0.717, 1.165) is 18.4 Å². The number of carbonyl (C=O) groups excluding carboxylic acids is 3. The number of aliphatic hydroxyl groups is 1. The summed E-state index contributed by atoms with van der Waals surface area (Å²) in [4.78, 5) is 40.6. The van der Waals surface area contributed by atoms with Gasteiger partial charge >= 0.3 is 0 Å². The number of carbonyl (C=O) groups is 3. The van der Waals surface area contributed by atoms with Crippen LogP contribution in [-0.2, 0) is 36.6 Å². The summed E-state index contributed by atoms with van der Waals surface area (Å²) in [5.74, 6) is -0.624. The Balaban J connectivity index is 1.35. The predicted octanol–water partition coefficient (Wildman–Crippen LogP) is 4.94. The average molecular weight is 643 g/mol. The van der Waals surface area contributed by atoms with Crippen LogP contribution in [-0.4, -0.2) is 76.6 Å². The molecule has 44 heavy (non-hydrogen) atoms. The highest BCUT2D eigenvalue weighted by Crippen LogP contribution is 2.35.